The fraction of sp³-hybridized carbons (Fsp3) is 0.650. The second-order valence-corrected chi connectivity index (χ2v) is 7.91. The van der Waals surface area contributed by atoms with Crippen LogP contribution in [-0.2, 0) is 4.74 Å². The lowest BCUT2D eigenvalue weighted by Gasteiger charge is -2.42. The molecule has 0 bridgehead atoms. The van der Waals surface area contributed by atoms with E-state index in [1.807, 2.05) is 24.0 Å². The highest BCUT2D eigenvalue weighted by atomic mass is 19.1. The van der Waals surface area contributed by atoms with Gasteiger partial charge in [0.25, 0.3) is 0 Å². The average Bonchev–Trinajstić information content (AvgIpc) is 2.51. The van der Waals surface area contributed by atoms with Crippen molar-refractivity contribution >= 4 is 6.03 Å². The fourth-order valence-electron chi connectivity index (χ4n) is 4.03. The Labute approximate surface area is 149 Å². The molecule has 0 spiro atoms. The number of halogens is 1. The van der Waals surface area contributed by atoms with E-state index in [0.717, 1.165) is 31.2 Å². The molecule has 1 aliphatic carbocycles. The predicted molar refractivity (Wildman–Crippen MR) is 96.1 cm³/mol. The van der Waals surface area contributed by atoms with Crippen LogP contribution in [0.4, 0.5) is 9.18 Å². The Kier molecular flexibility index (Phi) is 5.32. The SMILES string of the molecule is CCN(C(=O)NC1CC(c2ccc(F)cc2)C1)C1CCOC(C)(C)C1. The number of nitrogens with one attached hydrogen (secondary N) is 1. The highest BCUT2D eigenvalue weighted by Gasteiger charge is 2.36. The van der Waals surface area contributed by atoms with Crippen molar-refractivity contribution in [3.63, 3.8) is 0 Å². The first-order valence-corrected chi connectivity index (χ1v) is 9.34. The van der Waals surface area contributed by atoms with Gasteiger partial charge >= 0.3 is 6.03 Å². The average molecular weight is 348 g/mol. The third-order valence-electron chi connectivity index (χ3n) is 5.52. The molecule has 1 saturated heterocycles. The zero-order valence-corrected chi connectivity index (χ0v) is 15.4. The Balaban J connectivity index is 1.51. The van der Waals surface area contributed by atoms with Crippen molar-refractivity contribution in [3.8, 4) is 0 Å². The molecule has 0 radical (unpaired) electrons. The highest BCUT2D eigenvalue weighted by molar-refractivity contribution is 5.75. The lowest BCUT2D eigenvalue weighted by molar-refractivity contribution is -0.0766. The lowest BCUT2D eigenvalue weighted by atomic mass is 9.76. The molecule has 2 amide bonds. The molecule has 1 heterocycles. The number of rotatable bonds is 4. The smallest absolute Gasteiger partial charge is 0.317 e. The maximum absolute atomic E-state index is 13.0. The van der Waals surface area contributed by atoms with Crippen molar-refractivity contribution in [2.75, 3.05) is 13.2 Å². The number of carbonyl (C=O) groups excluding carboxylic acids is 1. The van der Waals surface area contributed by atoms with E-state index < -0.39 is 0 Å². The van der Waals surface area contributed by atoms with E-state index in [1.54, 1.807) is 0 Å². The van der Waals surface area contributed by atoms with Gasteiger partial charge < -0.3 is 15.0 Å². The molecule has 0 aromatic heterocycles. The van der Waals surface area contributed by atoms with Crippen LogP contribution < -0.4 is 5.32 Å². The second-order valence-electron chi connectivity index (χ2n) is 7.91. The van der Waals surface area contributed by atoms with E-state index in [4.69, 9.17) is 4.74 Å². The number of carbonyl (C=O) groups is 1. The zero-order chi connectivity index (χ0) is 18.0. The van der Waals surface area contributed by atoms with Crippen LogP contribution in [0, 0.1) is 5.82 Å². The summed E-state index contributed by atoms with van der Waals surface area (Å²) in [4.78, 5) is 14.7. The quantitative estimate of drug-likeness (QED) is 0.891. The molecule has 1 aromatic carbocycles. The molecule has 1 aromatic rings. The molecule has 2 aliphatic rings. The molecule has 1 unspecified atom stereocenters. The minimum Gasteiger partial charge on any atom is -0.375 e. The molecule has 1 atom stereocenters. The Morgan fingerprint density at radius 2 is 2.00 bits per heavy atom. The van der Waals surface area contributed by atoms with E-state index in [9.17, 15) is 9.18 Å². The molecule has 138 valence electrons. The fourth-order valence-corrected chi connectivity index (χ4v) is 4.03. The largest absolute Gasteiger partial charge is 0.375 e. The second kappa shape index (κ2) is 7.32. The van der Waals surface area contributed by atoms with Gasteiger partial charge in [-0.25, -0.2) is 9.18 Å². The minimum absolute atomic E-state index is 0.0350. The molecule has 1 aliphatic heterocycles. The van der Waals surface area contributed by atoms with Crippen LogP contribution in [0.1, 0.15) is 57.9 Å². The molecule has 25 heavy (non-hydrogen) atoms. The van der Waals surface area contributed by atoms with Crippen LogP contribution >= 0.6 is 0 Å². The van der Waals surface area contributed by atoms with Crippen LogP contribution in [0.2, 0.25) is 0 Å². The highest BCUT2D eigenvalue weighted by Crippen LogP contribution is 2.37. The first-order chi connectivity index (χ1) is 11.9. The summed E-state index contributed by atoms with van der Waals surface area (Å²) in [7, 11) is 0. The standard InChI is InChI=1S/C20H29FN2O2/c1-4-23(18-9-10-25-20(2,3)13-18)19(24)22-17-11-15(12-17)14-5-7-16(21)8-6-14/h5-8,15,17-18H,4,9-13H2,1-3H3,(H,22,24). The van der Waals surface area contributed by atoms with Crippen LogP contribution in [0.15, 0.2) is 24.3 Å². The van der Waals surface area contributed by atoms with Crippen molar-refractivity contribution in [1.82, 2.24) is 10.2 Å². The van der Waals surface area contributed by atoms with Crippen molar-refractivity contribution in [3.05, 3.63) is 35.6 Å². The third kappa shape index (κ3) is 4.32. The van der Waals surface area contributed by atoms with Gasteiger partial charge in [-0.3, -0.25) is 0 Å². The summed E-state index contributed by atoms with van der Waals surface area (Å²) in [6, 6.07) is 7.19. The van der Waals surface area contributed by atoms with Gasteiger partial charge in [0.05, 0.1) is 5.60 Å². The van der Waals surface area contributed by atoms with Gasteiger partial charge in [-0.15, -0.1) is 0 Å². The van der Waals surface area contributed by atoms with Gasteiger partial charge in [-0.1, -0.05) is 12.1 Å². The van der Waals surface area contributed by atoms with Gasteiger partial charge in [0, 0.05) is 25.2 Å². The number of nitrogens with zero attached hydrogens (tertiary/aromatic N) is 1. The van der Waals surface area contributed by atoms with Crippen LogP contribution in [0.25, 0.3) is 0 Å². The van der Waals surface area contributed by atoms with Gasteiger partial charge in [-0.2, -0.15) is 0 Å². The Morgan fingerprint density at radius 1 is 1.32 bits per heavy atom. The molecule has 4 nitrogen and oxygen atoms in total. The van der Waals surface area contributed by atoms with E-state index in [1.165, 1.54) is 12.1 Å². The molecule has 1 saturated carbocycles. The number of ether oxygens (including phenoxy) is 1. The number of hydrogen-bond acceptors (Lipinski definition) is 2. The maximum atomic E-state index is 13.0. The molecule has 5 heteroatoms. The van der Waals surface area contributed by atoms with Crippen LogP contribution in [-0.4, -0.2) is 41.8 Å². The topological polar surface area (TPSA) is 41.6 Å². The van der Waals surface area contributed by atoms with Gasteiger partial charge in [0.1, 0.15) is 5.82 Å². The summed E-state index contributed by atoms with van der Waals surface area (Å²) < 4.78 is 18.8. The van der Waals surface area contributed by atoms with E-state index >= 15 is 0 Å². The molecule has 3 rings (SSSR count). The Bertz CT molecular complexity index is 596. The summed E-state index contributed by atoms with van der Waals surface area (Å²) in [6.45, 7) is 7.62. The minimum atomic E-state index is -0.203. The van der Waals surface area contributed by atoms with Crippen LogP contribution in [0.5, 0.6) is 0 Å². The van der Waals surface area contributed by atoms with Crippen LogP contribution in [0.3, 0.4) is 0 Å². The number of urea groups is 1. The summed E-state index contributed by atoms with van der Waals surface area (Å²) in [6.07, 6.45) is 3.62. The Hall–Kier alpha value is -1.62. The molecule has 2 fully saturated rings. The molecule has 1 N–H and O–H groups in total. The molecular weight excluding hydrogens is 319 g/mol. The normalized spacial score (nSPS) is 28.1. The van der Waals surface area contributed by atoms with Crippen molar-refractivity contribution in [2.45, 2.75) is 70.1 Å². The van der Waals surface area contributed by atoms with Crippen molar-refractivity contribution < 1.29 is 13.9 Å². The number of hydrogen-bond donors (Lipinski definition) is 1. The summed E-state index contributed by atoms with van der Waals surface area (Å²) in [5.74, 6) is 0.217. The van der Waals surface area contributed by atoms with E-state index in [2.05, 4.69) is 19.2 Å². The zero-order valence-electron chi connectivity index (χ0n) is 15.4. The van der Waals surface area contributed by atoms with Crippen molar-refractivity contribution in [2.24, 2.45) is 0 Å². The third-order valence-corrected chi connectivity index (χ3v) is 5.52. The monoisotopic (exact) mass is 348 g/mol. The van der Waals surface area contributed by atoms with Gasteiger partial charge in [0.2, 0.25) is 0 Å². The van der Waals surface area contributed by atoms with E-state index in [-0.39, 0.29) is 29.5 Å². The van der Waals surface area contributed by atoms with E-state index in [0.29, 0.717) is 19.1 Å². The summed E-state index contributed by atoms with van der Waals surface area (Å²) in [5.41, 5.74) is 0.992. The predicted octanol–water partition coefficient (Wildman–Crippen LogP) is 4.06. The first-order valence-electron chi connectivity index (χ1n) is 9.34. The molecular formula is C20H29FN2O2. The number of benzene rings is 1. The lowest BCUT2D eigenvalue weighted by Crippen LogP contribution is -2.55. The van der Waals surface area contributed by atoms with Gasteiger partial charge in [0.15, 0.2) is 0 Å². The summed E-state index contributed by atoms with van der Waals surface area (Å²) in [5, 5.41) is 3.18. The van der Waals surface area contributed by atoms with Crippen molar-refractivity contribution in [1.29, 1.82) is 0 Å². The first kappa shape index (κ1) is 18.2. The van der Waals surface area contributed by atoms with Gasteiger partial charge in [-0.05, 0) is 70.1 Å². The number of amides is 2. The summed E-state index contributed by atoms with van der Waals surface area (Å²) >= 11 is 0. The maximum Gasteiger partial charge on any atom is 0.317 e. The Morgan fingerprint density at radius 3 is 2.60 bits per heavy atom.